The Labute approximate surface area is 202 Å². The molecule has 7 heteroatoms. The van der Waals surface area contributed by atoms with E-state index < -0.39 is 0 Å². The lowest BCUT2D eigenvalue weighted by molar-refractivity contribution is -0.118. The van der Waals surface area contributed by atoms with Crippen LogP contribution >= 0.6 is 24.0 Å². The van der Waals surface area contributed by atoms with E-state index in [9.17, 15) is 9.59 Å². The van der Waals surface area contributed by atoms with Crippen LogP contribution in [0.1, 0.15) is 16.7 Å². The standard InChI is InChI=1S/C26H22N2O3S2/c1-17-6-5-8-20(14-17)28-25(30)23(33-26(28)32)15-19-10-12-21(13-11-19)31-16-24(29)27-22-9-4-3-7-18(22)2/h3-15H,16H2,1-2H3,(H,27,29)/b23-15+. The van der Waals surface area contributed by atoms with Crippen LogP contribution in [0.4, 0.5) is 11.4 Å². The van der Waals surface area contributed by atoms with Crippen LogP contribution in [0, 0.1) is 13.8 Å². The Morgan fingerprint density at radius 1 is 1.06 bits per heavy atom. The number of amides is 2. The maximum Gasteiger partial charge on any atom is 0.270 e. The topological polar surface area (TPSA) is 58.6 Å². The Kier molecular flexibility index (Phi) is 6.91. The Balaban J connectivity index is 1.38. The number of ether oxygens (including phenoxy) is 1. The maximum absolute atomic E-state index is 12.9. The van der Waals surface area contributed by atoms with Crippen molar-refractivity contribution in [3.63, 3.8) is 0 Å². The Bertz CT molecular complexity index is 1250. The van der Waals surface area contributed by atoms with Gasteiger partial charge >= 0.3 is 0 Å². The molecule has 3 aromatic carbocycles. The summed E-state index contributed by atoms with van der Waals surface area (Å²) in [6.07, 6.45) is 1.81. The van der Waals surface area contributed by atoms with Gasteiger partial charge in [-0.1, -0.05) is 66.4 Å². The number of nitrogens with zero attached hydrogens (tertiary/aromatic N) is 1. The molecule has 0 atom stereocenters. The van der Waals surface area contributed by atoms with Crippen LogP contribution in [0.2, 0.25) is 0 Å². The van der Waals surface area contributed by atoms with Crippen molar-refractivity contribution in [1.82, 2.24) is 0 Å². The first-order chi connectivity index (χ1) is 15.9. The zero-order chi connectivity index (χ0) is 23.4. The van der Waals surface area contributed by atoms with Gasteiger partial charge in [0.05, 0.1) is 10.6 Å². The van der Waals surface area contributed by atoms with E-state index >= 15 is 0 Å². The van der Waals surface area contributed by atoms with E-state index in [1.54, 1.807) is 17.0 Å². The zero-order valence-corrected chi connectivity index (χ0v) is 19.8. The molecule has 0 radical (unpaired) electrons. The summed E-state index contributed by atoms with van der Waals surface area (Å²) in [5.74, 6) is 0.205. The summed E-state index contributed by atoms with van der Waals surface area (Å²) >= 11 is 6.72. The zero-order valence-electron chi connectivity index (χ0n) is 18.2. The summed E-state index contributed by atoms with van der Waals surface area (Å²) in [6, 6.07) is 22.5. The summed E-state index contributed by atoms with van der Waals surface area (Å²) in [7, 11) is 0. The number of aryl methyl sites for hydroxylation is 2. The fourth-order valence-electron chi connectivity index (χ4n) is 3.32. The van der Waals surface area contributed by atoms with Gasteiger partial charge in [-0.15, -0.1) is 0 Å². The van der Waals surface area contributed by atoms with E-state index in [2.05, 4.69) is 5.32 Å². The molecule has 4 rings (SSSR count). The molecule has 1 aliphatic heterocycles. The van der Waals surface area contributed by atoms with Crippen molar-refractivity contribution in [1.29, 1.82) is 0 Å². The van der Waals surface area contributed by atoms with Crippen LogP contribution in [0.15, 0.2) is 77.7 Å². The number of rotatable bonds is 6. The van der Waals surface area contributed by atoms with E-state index in [0.29, 0.717) is 15.0 Å². The molecule has 3 aromatic rings. The molecule has 0 bridgehead atoms. The van der Waals surface area contributed by atoms with Crippen LogP contribution in [0.5, 0.6) is 5.75 Å². The quantitative estimate of drug-likeness (QED) is 0.365. The SMILES string of the molecule is Cc1cccc(N2C(=O)/C(=C\c3ccc(OCC(=O)Nc4ccccc4C)cc3)SC2=S)c1. The highest BCUT2D eigenvalue weighted by molar-refractivity contribution is 8.27. The highest BCUT2D eigenvalue weighted by atomic mass is 32.2. The number of hydrogen-bond acceptors (Lipinski definition) is 5. The lowest BCUT2D eigenvalue weighted by atomic mass is 10.2. The third-order valence-corrected chi connectivity index (χ3v) is 6.32. The van der Waals surface area contributed by atoms with Gasteiger partial charge in [-0.2, -0.15) is 0 Å². The molecule has 0 spiro atoms. The number of hydrogen-bond donors (Lipinski definition) is 1. The number of nitrogens with one attached hydrogen (secondary N) is 1. The Morgan fingerprint density at radius 2 is 1.82 bits per heavy atom. The first-order valence-electron chi connectivity index (χ1n) is 10.3. The van der Waals surface area contributed by atoms with Crippen molar-refractivity contribution < 1.29 is 14.3 Å². The number of para-hydroxylation sites is 1. The minimum absolute atomic E-state index is 0.0944. The average molecular weight is 475 g/mol. The lowest BCUT2D eigenvalue weighted by Gasteiger charge is -2.14. The van der Waals surface area contributed by atoms with E-state index in [-0.39, 0.29) is 18.4 Å². The first kappa shape index (κ1) is 22.8. The molecule has 0 aliphatic carbocycles. The Morgan fingerprint density at radius 3 is 2.55 bits per heavy atom. The summed E-state index contributed by atoms with van der Waals surface area (Å²) in [4.78, 5) is 27.2. The molecule has 5 nitrogen and oxygen atoms in total. The number of benzene rings is 3. The number of carbonyl (C=O) groups excluding carboxylic acids is 2. The van der Waals surface area contributed by atoms with Crippen LogP contribution < -0.4 is 15.0 Å². The molecular weight excluding hydrogens is 452 g/mol. The molecule has 0 aromatic heterocycles. The van der Waals surface area contributed by atoms with E-state index in [0.717, 1.165) is 28.1 Å². The molecule has 0 saturated carbocycles. The third-order valence-electron chi connectivity index (χ3n) is 5.02. The molecule has 166 valence electrons. The smallest absolute Gasteiger partial charge is 0.270 e. The second-order valence-electron chi connectivity index (χ2n) is 7.58. The van der Waals surface area contributed by atoms with Gasteiger partial charge in [-0.25, -0.2) is 0 Å². The summed E-state index contributed by atoms with van der Waals surface area (Å²) in [5, 5.41) is 2.84. The lowest BCUT2D eigenvalue weighted by Crippen LogP contribution is -2.27. The highest BCUT2D eigenvalue weighted by Crippen LogP contribution is 2.36. The molecule has 1 aliphatic rings. The monoisotopic (exact) mass is 474 g/mol. The van der Waals surface area contributed by atoms with Gasteiger partial charge < -0.3 is 10.1 Å². The highest BCUT2D eigenvalue weighted by Gasteiger charge is 2.33. The van der Waals surface area contributed by atoms with E-state index in [4.69, 9.17) is 17.0 Å². The van der Waals surface area contributed by atoms with Gasteiger partial charge in [0.1, 0.15) is 5.75 Å². The van der Waals surface area contributed by atoms with Crippen LogP contribution in [0.25, 0.3) is 6.08 Å². The summed E-state index contributed by atoms with van der Waals surface area (Å²) in [6.45, 7) is 3.82. The predicted molar refractivity (Wildman–Crippen MR) is 139 cm³/mol. The van der Waals surface area contributed by atoms with Crippen molar-refractivity contribution in [3.05, 3.63) is 94.4 Å². The fourth-order valence-corrected chi connectivity index (χ4v) is 4.62. The van der Waals surface area contributed by atoms with Gasteiger partial charge in [0.2, 0.25) is 0 Å². The van der Waals surface area contributed by atoms with Crippen molar-refractivity contribution in [3.8, 4) is 5.75 Å². The van der Waals surface area contributed by atoms with E-state index in [1.165, 1.54) is 11.8 Å². The second-order valence-corrected chi connectivity index (χ2v) is 9.25. The number of anilines is 2. The first-order valence-corrected chi connectivity index (χ1v) is 11.6. The molecule has 33 heavy (non-hydrogen) atoms. The molecule has 1 heterocycles. The normalized spacial score (nSPS) is 14.6. The van der Waals surface area contributed by atoms with Crippen molar-refractivity contribution in [2.45, 2.75) is 13.8 Å². The minimum Gasteiger partial charge on any atom is -0.484 e. The molecular formula is C26H22N2O3S2. The van der Waals surface area contributed by atoms with Gasteiger partial charge in [0.25, 0.3) is 11.8 Å². The summed E-state index contributed by atoms with van der Waals surface area (Å²) < 4.78 is 6.11. The van der Waals surface area contributed by atoms with Crippen LogP contribution in [-0.2, 0) is 9.59 Å². The fraction of sp³-hybridized carbons (Fsp3) is 0.115. The van der Waals surface area contributed by atoms with Crippen LogP contribution in [-0.4, -0.2) is 22.7 Å². The Hall–Kier alpha value is -3.42. The van der Waals surface area contributed by atoms with Crippen molar-refractivity contribution in [2.24, 2.45) is 0 Å². The second kappa shape index (κ2) is 10.0. The maximum atomic E-state index is 12.9. The largest absolute Gasteiger partial charge is 0.484 e. The van der Waals surface area contributed by atoms with Gasteiger partial charge in [0, 0.05) is 5.69 Å². The number of carbonyl (C=O) groups is 2. The molecule has 0 unspecified atom stereocenters. The number of thiocarbonyl (C=S) groups is 1. The molecule has 1 saturated heterocycles. The van der Waals surface area contributed by atoms with Gasteiger partial charge in [-0.3, -0.25) is 14.5 Å². The van der Waals surface area contributed by atoms with Crippen molar-refractivity contribution >= 4 is 57.6 Å². The van der Waals surface area contributed by atoms with Crippen molar-refractivity contribution in [2.75, 3.05) is 16.8 Å². The predicted octanol–water partition coefficient (Wildman–Crippen LogP) is 5.73. The van der Waals surface area contributed by atoms with E-state index in [1.807, 2.05) is 80.6 Å². The number of thioether (sulfide) groups is 1. The molecule has 1 N–H and O–H groups in total. The van der Waals surface area contributed by atoms with Gasteiger partial charge in [-0.05, 0) is 66.9 Å². The average Bonchev–Trinajstić information content (AvgIpc) is 3.07. The van der Waals surface area contributed by atoms with Gasteiger partial charge in [0.15, 0.2) is 10.9 Å². The molecule has 1 fully saturated rings. The molecule has 2 amide bonds. The summed E-state index contributed by atoms with van der Waals surface area (Å²) in [5.41, 5.74) is 4.44. The van der Waals surface area contributed by atoms with Crippen LogP contribution in [0.3, 0.4) is 0 Å². The third kappa shape index (κ3) is 5.50. The minimum atomic E-state index is -0.229.